The van der Waals surface area contributed by atoms with Gasteiger partial charge in [0.1, 0.15) is 16.7 Å². The first kappa shape index (κ1) is 29.0. The SMILES string of the molecule is Cc1sc(-c2ccc(C[C@@H](C#N)NC(=O)[C@@H]3CN(C(=O)OC(C)(C)C)CCCO3)cc2)nc1-c1cc[nH]c(=O)c1. The summed E-state index contributed by atoms with van der Waals surface area (Å²) in [5, 5.41) is 13.3. The standard InChI is InChI=1S/C29H33N5O5S/c1-18-25(21-10-11-31-24(35)15-21)33-27(40-18)20-8-6-19(7-9-20)14-22(16-30)32-26(36)23-17-34(12-5-13-38-23)28(37)39-29(2,3)4/h6-11,15,22-23H,5,12-14,17H2,1-4H3,(H,31,35)(H,32,36)/t22-,23-/m0/s1. The van der Waals surface area contributed by atoms with E-state index in [1.54, 1.807) is 27.0 Å². The second kappa shape index (κ2) is 12.4. The molecule has 1 saturated heterocycles. The number of carbonyl (C=O) groups is 2. The van der Waals surface area contributed by atoms with Crippen molar-refractivity contribution in [2.75, 3.05) is 19.7 Å². The number of thiazole rings is 1. The number of rotatable bonds is 6. The topological polar surface area (TPSA) is 137 Å². The number of H-pyrrole nitrogens is 1. The fourth-order valence-electron chi connectivity index (χ4n) is 4.27. The molecule has 1 aromatic carbocycles. The van der Waals surface area contributed by atoms with Gasteiger partial charge in [-0.15, -0.1) is 11.3 Å². The summed E-state index contributed by atoms with van der Waals surface area (Å²) < 4.78 is 11.1. The van der Waals surface area contributed by atoms with Gasteiger partial charge >= 0.3 is 6.09 Å². The summed E-state index contributed by atoms with van der Waals surface area (Å²) in [5.41, 5.74) is 2.50. The minimum atomic E-state index is -0.893. The summed E-state index contributed by atoms with van der Waals surface area (Å²) in [6, 6.07) is 12.4. The second-order valence-corrected chi connectivity index (χ2v) is 11.8. The van der Waals surface area contributed by atoms with Crippen LogP contribution in [0.25, 0.3) is 21.8 Å². The van der Waals surface area contributed by atoms with Gasteiger partial charge in [0.2, 0.25) is 5.56 Å². The number of amides is 2. The van der Waals surface area contributed by atoms with Crippen LogP contribution >= 0.6 is 11.3 Å². The average Bonchev–Trinajstić information content (AvgIpc) is 3.12. The zero-order chi connectivity index (χ0) is 28.9. The third-order valence-corrected chi connectivity index (χ3v) is 7.20. The molecule has 10 nitrogen and oxygen atoms in total. The Kier molecular flexibility index (Phi) is 9.02. The van der Waals surface area contributed by atoms with E-state index in [2.05, 4.69) is 16.4 Å². The zero-order valence-electron chi connectivity index (χ0n) is 23.0. The van der Waals surface area contributed by atoms with Crippen LogP contribution in [0.1, 0.15) is 37.6 Å². The van der Waals surface area contributed by atoms with E-state index in [-0.39, 0.29) is 12.1 Å². The Hall–Kier alpha value is -4.01. The minimum Gasteiger partial charge on any atom is -0.444 e. The van der Waals surface area contributed by atoms with Crippen LogP contribution in [0, 0.1) is 18.3 Å². The van der Waals surface area contributed by atoms with Crippen LogP contribution in [0.3, 0.4) is 0 Å². The number of aromatic nitrogens is 2. The first-order valence-corrected chi connectivity index (χ1v) is 13.9. The molecule has 0 radical (unpaired) electrons. The van der Waals surface area contributed by atoms with Crippen LogP contribution in [0.2, 0.25) is 0 Å². The molecule has 0 aliphatic carbocycles. The Morgan fingerprint density at radius 3 is 2.70 bits per heavy atom. The molecule has 210 valence electrons. The van der Waals surface area contributed by atoms with E-state index in [0.717, 1.165) is 32.3 Å². The number of pyridine rings is 1. The van der Waals surface area contributed by atoms with Crippen LogP contribution in [0.5, 0.6) is 0 Å². The van der Waals surface area contributed by atoms with Crippen LogP contribution in [-0.2, 0) is 20.7 Å². The number of nitrogens with zero attached hydrogens (tertiary/aromatic N) is 3. The smallest absolute Gasteiger partial charge is 0.410 e. The molecule has 2 aromatic heterocycles. The number of nitrogens with one attached hydrogen (secondary N) is 2. The van der Waals surface area contributed by atoms with Gasteiger partial charge in [-0.2, -0.15) is 5.26 Å². The van der Waals surface area contributed by atoms with Crippen LogP contribution in [0.4, 0.5) is 4.79 Å². The highest BCUT2D eigenvalue weighted by Crippen LogP contribution is 2.33. The van der Waals surface area contributed by atoms with E-state index in [1.807, 2.05) is 37.3 Å². The number of aromatic amines is 1. The summed E-state index contributed by atoms with van der Waals surface area (Å²) in [6.45, 7) is 8.15. The Balaban J connectivity index is 1.38. The third-order valence-electron chi connectivity index (χ3n) is 6.18. The molecule has 11 heteroatoms. The molecule has 40 heavy (non-hydrogen) atoms. The minimum absolute atomic E-state index is 0.0557. The van der Waals surface area contributed by atoms with Crippen molar-refractivity contribution in [2.24, 2.45) is 0 Å². The predicted octanol–water partition coefficient (Wildman–Crippen LogP) is 4.05. The number of nitriles is 1. The molecule has 4 rings (SSSR count). The fraction of sp³-hybridized carbons (Fsp3) is 0.414. The largest absolute Gasteiger partial charge is 0.444 e. The molecule has 1 aliphatic rings. The van der Waals surface area contributed by atoms with Gasteiger partial charge in [0.05, 0.1) is 18.3 Å². The molecule has 0 unspecified atom stereocenters. The maximum absolute atomic E-state index is 13.0. The molecule has 0 bridgehead atoms. The maximum Gasteiger partial charge on any atom is 0.410 e. The van der Waals surface area contributed by atoms with E-state index in [0.29, 0.717) is 26.0 Å². The lowest BCUT2D eigenvalue weighted by atomic mass is 10.0. The Labute approximate surface area is 237 Å². The number of benzene rings is 1. The van der Waals surface area contributed by atoms with E-state index in [9.17, 15) is 19.6 Å². The predicted molar refractivity (Wildman–Crippen MR) is 152 cm³/mol. The average molecular weight is 564 g/mol. The molecule has 2 amide bonds. The van der Waals surface area contributed by atoms with Crippen LogP contribution < -0.4 is 10.9 Å². The Morgan fingerprint density at radius 1 is 1.27 bits per heavy atom. The highest BCUT2D eigenvalue weighted by Gasteiger charge is 2.31. The van der Waals surface area contributed by atoms with Gasteiger partial charge in [0, 0.05) is 47.8 Å². The van der Waals surface area contributed by atoms with E-state index >= 15 is 0 Å². The summed E-state index contributed by atoms with van der Waals surface area (Å²) in [5.74, 6) is -0.441. The molecule has 3 heterocycles. The molecule has 1 fully saturated rings. The number of carbonyl (C=O) groups excluding carboxylic acids is 2. The fourth-order valence-corrected chi connectivity index (χ4v) is 5.21. The van der Waals surface area contributed by atoms with E-state index in [4.69, 9.17) is 14.5 Å². The summed E-state index contributed by atoms with van der Waals surface area (Å²) in [6.07, 6.45) is 1.11. The lowest BCUT2D eigenvalue weighted by molar-refractivity contribution is -0.133. The summed E-state index contributed by atoms with van der Waals surface area (Å²) >= 11 is 1.54. The van der Waals surface area contributed by atoms with Gasteiger partial charge in [0.15, 0.2) is 6.10 Å². The molecule has 2 atom stereocenters. The Bertz CT molecular complexity index is 1450. The van der Waals surface area contributed by atoms with Gasteiger partial charge in [-0.25, -0.2) is 9.78 Å². The monoisotopic (exact) mass is 563 g/mol. The third kappa shape index (κ3) is 7.55. The molecular formula is C29H33N5O5S. The number of ether oxygens (including phenoxy) is 2. The number of hydrogen-bond acceptors (Lipinski definition) is 8. The number of aryl methyl sites for hydroxylation is 1. The second-order valence-electron chi connectivity index (χ2n) is 10.6. The number of hydrogen-bond donors (Lipinski definition) is 2. The lowest BCUT2D eigenvalue weighted by Crippen LogP contribution is -2.48. The van der Waals surface area contributed by atoms with Gasteiger partial charge in [-0.1, -0.05) is 24.3 Å². The van der Waals surface area contributed by atoms with Gasteiger partial charge < -0.3 is 24.7 Å². The van der Waals surface area contributed by atoms with Crippen LogP contribution in [0.15, 0.2) is 47.4 Å². The molecule has 0 saturated carbocycles. The molecule has 3 aromatic rings. The van der Waals surface area contributed by atoms with Gasteiger partial charge in [-0.05, 0) is 45.7 Å². The highest BCUT2D eigenvalue weighted by molar-refractivity contribution is 7.15. The van der Waals surface area contributed by atoms with E-state index < -0.39 is 29.7 Å². The van der Waals surface area contributed by atoms with Crippen molar-refractivity contribution in [3.05, 3.63) is 63.4 Å². The van der Waals surface area contributed by atoms with Gasteiger partial charge in [0.25, 0.3) is 5.91 Å². The first-order valence-electron chi connectivity index (χ1n) is 13.1. The molecular weight excluding hydrogens is 530 g/mol. The highest BCUT2D eigenvalue weighted by atomic mass is 32.1. The quantitative estimate of drug-likeness (QED) is 0.462. The van der Waals surface area contributed by atoms with Crippen molar-refractivity contribution < 1.29 is 19.1 Å². The van der Waals surface area contributed by atoms with Crippen molar-refractivity contribution in [2.45, 2.75) is 58.3 Å². The van der Waals surface area contributed by atoms with E-state index in [1.165, 1.54) is 22.3 Å². The van der Waals surface area contributed by atoms with Crippen molar-refractivity contribution >= 4 is 23.3 Å². The maximum atomic E-state index is 13.0. The zero-order valence-corrected chi connectivity index (χ0v) is 23.8. The summed E-state index contributed by atoms with van der Waals surface area (Å²) in [7, 11) is 0. The van der Waals surface area contributed by atoms with Crippen molar-refractivity contribution in [1.29, 1.82) is 5.26 Å². The normalized spacial score (nSPS) is 16.5. The molecule has 2 N–H and O–H groups in total. The molecule has 1 aliphatic heterocycles. The van der Waals surface area contributed by atoms with Gasteiger partial charge in [-0.3, -0.25) is 9.59 Å². The van der Waals surface area contributed by atoms with Crippen molar-refractivity contribution in [1.82, 2.24) is 20.2 Å². The summed E-state index contributed by atoms with van der Waals surface area (Å²) in [4.78, 5) is 47.1. The lowest BCUT2D eigenvalue weighted by Gasteiger charge is -2.27. The van der Waals surface area contributed by atoms with Crippen molar-refractivity contribution in [3.8, 4) is 27.9 Å². The van der Waals surface area contributed by atoms with Crippen molar-refractivity contribution in [3.63, 3.8) is 0 Å². The first-order chi connectivity index (χ1) is 19.0. The Morgan fingerprint density at radius 2 is 2.02 bits per heavy atom. The molecule has 0 spiro atoms. The van der Waals surface area contributed by atoms with Crippen LogP contribution in [-0.4, -0.2) is 64.3 Å².